The van der Waals surface area contributed by atoms with E-state index in [2.05, 4.69) is 43.2 Å². The zero-order valence-corrected chi connectivity index (χ0v) is 11.9. The van der Waals surface area contributed by atoms with Crippen LogP contribution in [0.3, 0.4) is 0 Å². The van der Waals surface area contributed by atoms with Crippen LogP contribution in [0.1, 0.15) is 6.92 Å². The van der Waals surface area contributed by atoms with Gasteiger partial charge in [0.1, 0.15) is 23.8 Å². The first-order chi connectivity index (χ1) is 8.69. The average Bonchev–Trinajstić information content (AvgIpc) is 2.34. The van der Waals surface area contributed by atoms with Gasteiger partial charge >= 0.3 is 0 Å². The highest BCUT2D eigenvalue weighted by molar-refractivity contribution is 14.1. The van der Waals surface area contributed by atoms with Crippen molar-refractivity contribution in [2.75, 3.05) is 17.2 Å². The van der Waals surface area contributed by atoms with Gasteiger partial charge < -0.3 is 10.6 Å². The molecule has 0 spiro atoms. The summed E-state index contributed by atoms with van der Waals surface area (Å²) in [6.07, 6.45) is 1.48. The van der Waals surface area contributed by atoms with Crippen LogP contribution in [0.2, 0.25) is 0 Å². The van der Waals surface area contributed by atoms with Gasteiger partial charge in [0, 0.05) is 16.2 Å². The maximum atomic E-state index is 13.0. The third-order valence-electron chi connectivity index (χ3n) is 2.22. The predicted molar refractivity (Wildman–Crippen MR) is 78.6 cm³/mol. The summed E-state index contributed by atoms with van der Waals surface area (Å²) in [5, 5.41) is 6.24. The Morgan fingerprint density at radius 1 is 1.22 bits per heavy atom. The van der Waals surface area contributed by atoms with Gasteiger partial charge in [-0.05, 0) is 47.7 Å². The maximum Gasteiger partial charge on any atom is 0.135 e. The lowest BCUT2D eigenvalue weighted by Gasteiger charge is -2.09. The molecule has 0 saturated carbocycles. The topological polar surface area (TPSA) is 49.8 Å². The van der Waals surface area contributed by atoms with E-state index in [1.807, 2.05) is 13.0 Å². The fourth-order valence-electron chi connectivity index (χ4n) is 1.43. The number of hydrogen-bond acceptors (Lipinski definition) is 4. The van der Waals surface area contributed by atoms with Gasteiger partial charge in [-0.1, -0.05) is 0 Å². The van der Waals surface area contributed by atoms with Crippen LogP contribution in [0, 0.1) is 9.39 Å². The molecule has 0 atom stereocenters. The van der Waals surface area contributed by atoms with Gasteiger partial charge in [-0.15, -0.1) is 0 Å². The number of anilines is 3. The van der Waals surface area contributed by atoms with Crippen molar-refractivity contribution in [3.05, 3.63) is 40.0 Å². The molecule has 0 bridgehead atoms. The second-order valence-corrected chi connectivity index (χ2v) is 4.73. The molecular formula is C12H12FIN4. The molecule has 6 heteroatoms. The lowest BCUT2D eigenvalue weighted by atomic mass is 10.3. The van der Waals surface area contributed by atoms with Crippen molar-refractivity contribution in [1.82, 2.24) is 9.97 Å². The highest BCUT2D eigenvalue weighted by Crippen LogP contribution is 2.22. The molecular weight excluding hydrogens is 346 g/mol. The Balaban J connectivity index is 2.20. The molecule has 0 fully saturated rings. The zero-order chi connectivity index (χ0) is 13.0. The molecule has 0 aliphatic carbocycles. The molecule has 0 unspecified atom stereocenters. The van der Waals surface area contributed by atoms with Crippen molar-refractivity contribution >= 4 is 39.9 Å². The Morgan fingerprint density at radius 2 is 2.00 bits per heavy atom. The molecule has 0 radical (unpaired) electrons. The molecule has 1 aromatic heterocycles. The van der Waals surface area contributed by atoms with Crippen LogP contribution in [0.25, 0.3) is 0 Å². The monoisotopic (exact) mass is 358 g/mol. The smallest absolute Gasteiger partial charge is 0.135 e. The van der Waals surface area contributed by atoms with E-state index in [1.54, 1.807) is 6.07 Å². The molecule has 4 nitrogen and oxygen atoms in total. The quantitative estimate of drug-likeness (QED) is 0.823. The largest absolute Gasteiger partial charge is 0.370 e. The summed E-state index contributed by atoms with van der Waals surface area (Å²) in [4.78, 5) is 8.20. The van der Waals surface area contributed by atoms with Crippen molar-refractivity contribution in [3.8, 4) is 0 Å². The molecule has 2 N–H and O–H groups in total. The lowest BCUT2D eigenvalue weighted by molar-refractivity contribution is 0.627. The van der Waals surface area contributed by atoms with Crippen LogP contribution in [0.15, 0.2) is 30.6 Å². The number of rotatable bonds is 4. The highest BCUT2D eigenvalue weighted by Gasteiger charge is 2.03. The minimum Gasteiger partial charge on any atom is -0.370 e. The molecule has 2 aromatic rings. The Kier molecular flexibility index (Phi) is 4.29. The molecule has 94 valence electrons. The molecule has 0 aliphatic heterocycles. The van der Waals surface area contributed by atoms with Crippen LogP contribution >= 0.6 is 22.6 Å². The van der Waals surface area contributed by atoms with E-state index in [1.165, 1.54) is 18.5 Å². The van der Waals surface area contributed by atoms with Crippen molar-refractivity contribution in [3.63, 3.8) is 0 Å². The summed E-state index contributed by atoms with van der Waals surface area (Å²) in [7, 11) is 0. The van der Waals surface area contributed by atoms with Gasteiger partial charge in [-0.2, -0.15) is 0 Å². The molecule has 0 amide bonds. The van der Waals surface area contributed by atoms with E-state index in [0.29, 0.717) is 5.82 Å². The maximum absolute atomic E-state index is 13.0. The molecule has 1 heterocycles. The summed E-state index contributed by atoms with van der Waals surface area (Å²) >= 11 is 2.08. The number of nitrogens with zero attached hydrogens (tertiary/aromatic N) is 2. The third kappa shape index (κ3) is 3.28. The van der Waals surface area contributed by atoms with Gasteiger partial charge in [0.25, 0.3) is 0 Å². The zero-order valence-electron chi connectivity index (χ0n) is 9.74. The molecule has 0 aliphatic rings. The summed E-state index contributed by atoms with van der Waals surface area (Å²) in [6.45, 7) is 2.79. The van der Waals surface area contributed by atoms with Gasteiger partial charge in [0.2, 0.25) is 0 Å². The Labute approximate surface area is 118 Å². The summed E-state index contributed by atoms with van der Waals surface area (Å²) < 4.78 is 13.8. The minimum atomic E-state index is -0.249. The second kappa shape index (κ2) is 5.94. The predicted octanol–water partition coefficient (Wildman–Crippen LogP) is 3.40. The molecule has 2 rings (SSSR count). The van der Waals surface area contributed by atoms with E-state index >= 15 is 0 Å². The van der Waals surface area contributed by atoms with E-state index in [0.717, 1.165) is 21.6 Å². The van der Waals surface area contributed by atoms with Crippen LogP contribution in [-0.4, -0.2) is 16.5 Å². The number of benzene rings is 1. The van der Waals surface area contributed by atoms with Crippen molar-refractivity contribution in [2.24, 2.45) is 0 Å². The van der Waals surface area contributed by atoms with Gasteiger partial charge in [0.05, 0.1) is 5.69 Å². The van der Waals surface area contributed by atoms with Crippen molar-refractivity contribution in [2.45, 2.75) is 6.92 Å². The summed E-state index contributed by atoms with van der Waals surface area (Å²) in [5.41, 5.74) is 0.818. The standard InChI is InChI=1S/C12H12FIN4/c1-2-15-11-6-12(17-7-16-11)18-10-4-3-8(13)5-9(10)14/h3-7H,2H2,1H3,(H2,15,16,17,18). The van der Waals surface area contributed by atoms with E-state index in [-0.39, 0.29) is 5.82 Å². The SMILES string of the molecule is CCNc1cc(Nc2ccc(F)cc2I)ncn1. The first-order valence-electron chi connectivity index (χ1n) is 5.47. The summed E-state index contributed by atoms with van der Waals surface area (Å²) in [5.74, 6) is 1.18. The van der Waals surface area contributed by atoms with Gasteiger partial charge in [-0.3, -0.25) is 0 Å². The lowest BCUT2D eigenvalue weighted by Crippen LogP contribution is -2.02. The van der Waals surface area contributed by atoms with E-state index in [4.69, 9.17) is 0 Å². The Hall–Kier alpha value is -1.44. The van der Waals surface area contributed by atoms with Crippen molar-refractivity contribution < 1.29 is 4.39 Å². The third-order valence-corrected chi connectivity index (χ3v) is 3.11. The fraction of sp³-hybridized carbons (Fsp3) is 0.167. The Bertz CT molecular complexity index is 547. The van der Waals surface area contributed by atoms with Crippen LogP contribution in [0.5, 0.6) is 0 Å². The van der Waals surface area contributed by atoms with E-state index in [9.17, 15) is 4.39 Å². The number of hydrogen-bond donors (Lipinski definition) is 2. The number of aromatic nitrogens is 2. The molecule has 0 saturated heterocycles. The normalized spacial score (nSPS) is 10.2. The van der Waals surface area contributed by atoms with Crippen LogP contribution in [0.4, 0.5) is 21.7 Å². The van der Waals surface area contributed by atoms with E-state index < -0.39 is 0 Å². The molecule has 18 heavy (non-hydrogen) atoms. The van der Waals surface area contributed by atoms with Crippen molar-refractivity contribution in [1.29, 1.82) is 0 Å². The fourth-order valence-corrected chi connectivity index (χ4v) is 2.04. The van der Waals surface area contributed by atoms with Crippen LogP contribution < -0.4 is 10.6 Å². The second-order valence-electron chi connectivity index (χ2n) is 3.57. The number of halogens is 2. The van der Waals surface area contributed by atoms with Gasteiger partial charge in [0.15, 0.2) is 0 Å². The minimum absolute atomic E-state index is 0.249. The van der Waals surface area contributed by atoms with Gasteiger partial charge in [-0.25, -0.2) is 14.4 Å². The highest BCUT2D eigenvalue weighted by atomic mass is 127. The Morgan fingerprint density at radius 3 is 2.72 bits per heavy atom. The first-order valence-corrected chi connectivity index (χ1v) is 6.55. The number of nitrogens with one attached hydrogen (secondary N) is 2. The average molecular weight is 358 g/mol. The summed E-state index contributed by atoms with van der Waals surface area (Å²) in [6, 6.07) is 6.38. The molecule has 1 aromatic carbocycles. The van der Waals surface area contributed by atoms with Crippen LogP contribution in [-0.2, 0) is 0 Å². The first kappa shape index (κ1) is 13.0.